The minimum absolute atomic E-state index is 0.0340. The molecule has 0 spiro atoms. The highest BCUT2D eigenvalue weighted by Gasteiger charge is 2.37. The Morgan fingerprint density at radius 1 is 1.26 bits per heavy atom. The third-order valence-corrected chi connectivity index (χ3v) is 4.26. The van der Waals surface area contributed by atoms with Crippen molar-refractivity contribution in [3.05, 3.63) is 30.1 Å². The number of para-hydroxylation sites is 2. The number of hydrogen-bond donors (Lipinski definition) is 2. The Morgan fingerprint density at radius 2 is 2.04 bits per heavy atom. The van der Waals surface area contributed by atoms with Gasteiger partial charge in [-0.1, -0.05) is 12.1 Å². The summed E-state index contributed by atoms with van der Waals surface area (Å²) in [6.07, 6.45) is 0. The van der Waals surface area contributed by atoms with Crippen molar-refractivity contribution in [3.8, 4) is 0 Å². The number of aromatic nitrogens is 2. The molecule has 4 rings (SSSR count). The van der Waals surface area contributed by atoms with E-state index >= 15 is 0 Å². The lowest BCUT2D eigenvalue weighted by Crippen LogP contribution is -2.52. The molecule has 3 heterocycles. The maximum atomic E-state index is 12.1. The van der Waals surface area contributed by atoms with Crippen molar-refractivity contribution in [2.24, 2.45) is 0 Å². The molecule has 2 fully saturated rings. The number of H-pyrrole nitrogens is 1. The molecule has 23 heavy (non-hydrogen) atoms. The maximum Gasteiger partial charge on any atom is 0.325 e. The zero-order valence-corrected chi connectivity index (χ0v) is 12.3. The van der Waals surface area contributed by atoms with Crippen LogP contribution >= 0.6 is 0 Å². The first-order valence-corrected chi connectivity index (χ1v) is 7.42. The van der Waals surface area contributed by atoms with E-state index in [9.17, 15) is 14.4 Å². The van der Waals surface area contributed by atoms with Crippen molar-refractivity contribution in [3.63, 3.8) is 0 Å². The van der Waals surface area contributed by atoms with E-state index in [0.29, 0.717) is 13.1 Å². The van der Waals surface area contributed by atoms with E-state index < -0.39 is 6.03 Å². The fourth-order valence-electron chi connectivity index (χ4n) is 2.87. The molecular formula is C15H15N5O3. The molecule has 2 aliphatic heterocycles. The van der Waals surface area contributed by atoms with Crippen molar-refractivity contribution in [2.45, 2.75) is 5.92 Å². The first-order chi connectivity index (χ1) is 11.1. The van der Waals surface area contributed by atoms with Gasteiger partial charge in [-0.15, -0.1) is 0 Å². The number of hydrogen-bond acceptors (Lipinski definition) is 4. The van der Waals surface area contributed by atoms with Gasteiger partial charge in [-0.2, -0.15) is 0 Å². The van der Waals surface area contributed by atoms with E-state index in [1.807, 2.05) is 24.3 Å². The monoisotopic (exact) mass is 313 g/mol. The Hall–Kier alpha value is -2.90. The summed E-state index contributed by atoms with van der Waals surface area (Å²) in [4.78, 5) is 45.5. The molecule has 0 radical (unpaired) electrons. The Labute approximate surface area is 131 Å². The Bertz CT molecular complexity index is 759. The number of carbonyl (C=O) groups is 3. The van der Waals surface area contributed by atoms with Crippen molar-refractivity contribution in [1.82, 2.24) is 25.1 Å². The first-order valence-electron chi connectivity index (χ1n) is 7.42. The van der Waals surface area contributed by atoms with Gasteiger partial charge in [0.05, 0.1) is 23.5 Å². The highest BCUT2D eigenvalue weighted by Crippen LogP contribution is 2.26. The number of urea groups is 1. The van der Waals surface area contributed by atoms with Gasteiger partial charge in [0.2, 0.25) is 5.91 Å². The number of carbonyl (C=O) groups excluding carboxylic acids is 3. The number of rotatable bonds is 3. The van der Waals surface area contributed by atoms with E-state index in [1.54, 1.807) is 4.90 Å². The van der Waals surface area contributed by atoms with Crippen molar-refractivity contribution < 1.29 is 14.4 Å². The zero-order chi connectivity index (χ0) is 16.0. The molecule has 2 aliphatic rings. The largest absolute Gasteiger partial charge is 0.342 e. The van der Waals surface area contributed by atoms with Crippen LogP contribution in [0.2, 0.25) is 0 Å². The molecular weight excluding hydrogens is 298 g/mol. The Balaban J connectivity index is 1.38. The highest BCUT2D eigenvalue weighted by molar-refractivity contribution is 6.04. The number of imidazole rings is 1. The van der Waals surface area contributed by atoms with Crippen LogP contribution in [-0.2, 0) is 9.59 Å². The lowest BCUT2D eigenvalue weighted by Gasteiger charge is -2.38. The number of nitrogens with one attached hydrogen (secondary N) is 2. The Kier molecular flexibility index (Phi) is 3.03. The molecule has 2 N–H and O–H groups in total. The summed E-state index contributed by atoms with van der Waals surface area (Å²) in [5, 5.41) is 2.40. The molecule has 1 aromatic carbocycles. The van der Waals surface area contributed by atoms with Crippen LogP contribution in [0.3, 0.4) is 0 Å². The molecule has 0 aliphatic carbocycles. The van der Waals surface area contributed by atoms with Gasteiger partial charge in [0, 0.05) is 13.1 Å². The molecule has 118 valence electrons. The summed E-state index contributed by atoms with van der Waals surface area (Å²) >= 11 is 0. The SMILES string of the molecule is O=C(CN1C(=O)CNC1=O)N1CC(c2nc3ccccc3[nH]2)C1. The molecule has 0 saturated carbocycles. The van der Waals surface area contributed by atoms with E-state index in [0.717, 1.165) is 21.8 Å². The number of aromatic amines is 1. The minimum Gasteiger partial charge on any atom is -0.342 e. The number of likely N-dealkylation sites (tertiary alicyclic amines) is 1. The van der Waals surface area contributed by atoms with Gasteiger partial charge < -0.3 is 15.2 Å². The molecule has 8 nitrogen and oxygen atoms in total. The van der Waals surface area contributed by atoms with E-state index in [2.05, 4.69) is 15.3 Å². The quantitative estimate of drug-likeness (QED) is 0.782. The second kappa shape index (κ2) is 5.08. The summed E-state index contributed by atoms with van der Waals surface area (Å²) < 4.78 is 0. The molecule has 0 unspecified atom stereocenters. The summed E-state index contributed by atoms with van der Waals surface area (Å²) in [5.74, 6) is 0.445. The molecule has 4 amide bonds. The fraction of sp³-hybridized carbons (Fsp3) is 0.333. The van der Waals surface area contributed by atoms with E-state index in [4.69, 9.17) is 0 Å². The molecule has 1 aromatic heterocycles. The third-order valence-electron chi connectivity index (χ3n) is 4.26. The third kappa shape index (κ3) is 2.32. The molecule has 0 atom stereocenters. The van der Waals surface area contributed by atoms with Gasteiger partial charge in [-0.3, -0.25) is 14.5 Å². The highest BCUT2D eigenvalue weighted by atomic mass is 16.2. The second-order valence-corrected chi connectivity index (χ2v) is 5.77. The average molecular weight is 313 g/mol. The molecule has 8 heteroatoms. The Morgan fingerprint density at radius 3 is 2.74 bits per heavy atom. The zero-order valence-electron chi connectivity index (χ0n) is 12.3. The number of fused-ring (bicyclic) bond motifs is 1. The van der Waals surface area contributed by atoms with Crippen LogP contribution < -0.4 is 5.32 Å². The van der Waals surface area contributed by atoms with Crippen LogP contribution in [0.1, 0.15) is 11.7 Å². The van der Waals surface area contributed by atoms with Gasteiger partial charge >= 0.3 is 6.03 Å². The molecule has 2 saturated heterocycles. The van der Waals surface area contributed by atoms with E-state index in [-0.39, 0.29) is 30.8 Å². The van der Waals surface area contributed by atoms with Crippen molar-refractivity contribution in [1.29, 1.82) is 0 Å². The lowest BCUT2D eigenvalue weighted by atomic mass is 9.99. The van der Waals surface area contributed by atoms with Crippen LogP contribution in [0.15, 0.2) is 24.3 Å². The van der Waals surface area contributed by atoms with Gasteiger partial charge in [0.1, 0.15) is 12.4 Å². The van der Waals surface area contributed by atoms with Gasteiger partial charge in [0.25, 0.3) is 5.91 Å². The standard InChI is InChI=1S/C15H15N5O3/c21-12-5-16-15(23)20(12)8-13(22)19-6-9(7-19)14-17-10-3-1-2-4-11(10)18-14/h1-4,9H,5-8H2,(H,16,23)(H,17,18). The van der Waals surface area contributed by atoms with Crippen molar-refractivity contribution >= 4 is 28.9 Å². The topological polar surface area (TPSA) is 98.4 Å². The van der Waals surface area contributed by atoms with Gasteiger partial charge in [-0.25, -0.2) is 9.78 Å². The fourth-order valence-corrected chi connectivity index (χ4v) is 2.87. The normalized spacial score (nSPS) is 18.4. The number of imide groups is 1. The maximum absolute atomic E-state index is 12.1. The summed E-state index contributed by atoms with van der Waals surface area (Å²) in [6, 6.07) is 7.28. The van der Waals surface area contributed by atoms with Gasteiger partial charge in [-0.05, 0) is 12.1 Å². The summed E-state index contributed by atoms with van der Waals surface area (Å²) in [6.45, 7) is 0.857. The smallest absolute Gasteiger partial charge is 0.325 e. The van der Waals surface area contributed by atoms with Crippen LogP contribution in [0, 0.1) is 0 Å². The lowest BCUT2D eigenvalue weighted by molar-refractivity contribution is -0.139. The van der Waals surface area contributed by atoms with Crippen molar-refractivity contribution in [2.75, 3.05) is 26.2 Å². The van der Waals surface area contributed by atoms with E-state index in [1.165, 1.54) is 0 Å². The first kappa shape index (κ1) is 13.7. The van der Waals surface area contributed by atoms with Crippen LogP contribution in [0.25, 0.3) is 11.0 Å². The van der Waals surface area contributed by atoms with Crippen LogP contribution in [-0.4, -0.2) is 63.8 Å². The van der Waals surface area contributed by atoms with Crippen LogP contribution in [0.4, 0.5) is 4.79 Å². The molecule has 2 aromatic rings. The summed E-state index contributed by atoms with van der Waals surface area (Å²) in [7, 11) is 0. The summed E-state index contributed by atoms with van der Waals surface area (Å²) in [5.41, 5.74) is 1.89. The van der Waals surface area contributed by atoms with Gasteiger partial charge in [0.15, 0.2) is 0 Å². The minimum atomic E-state index is -0.502. The number of nitrogens with zero attached hydrogens (tertiary/aromatic N) is 3. The number of benzene rings is 1. The van der Waals surface area contributed by atoms with Crippen LogP contribution in [0.5, 0.6) is 0 Å². The molecule has 0 bridgehead atoms. The second-order valence-electron chi connectivity index (χ2n) is 5.77. The number of amides is 4. The average Bonchev–Trinajstić information content (AvgIpc) is 3.03. The predicted molar refractivity (Wildman–Crippen MR) is 80.5 cm³/mol. The predicted octanol–water partition coefficient (Wildman–Crippen LogP) is 0.0405.